The van der Waals surface area contributed by atoms with E-state index in [1.807, 2.05) is 24.3 Å². The second kappa shape index (κ2) is 4.38. The molecule has 0 spiro atoms. The normalized spacial score (nSPS) is 9.08. The molecule has 0 atom stereocenters. The van der Waals surface area contributed by atoms with E-state index in [1.54, 1.807) is 6.08 Å². The molecule has 0 unspecified atom stereocenters. The number of benzene rings is 1. The first-order chi connectivity index (χ1) is 5.74. The van der Waals surface area contributed by atoms with Crippen molar-refractivity contribution in [2.24, 2.45) is 0 Å². The van der Waals surface area contributed by atoms with E-state index in [2.05, 4.69) is 27.8 Å². The van der Waals surface area contributed by atoms with Crippen LogP contribution in [0.15, 0.2) is 41.4 Å². The molecule has 0 bridgehead atoms. The standard InChI is InChI=1S/C9H8BrNS/c1-2-9(12)11-8-6-4-3-5-7(8)10/h2-6H,1H2,(H,11,12). The molecule has 1 aromatic carbocycles. The zero-order chi connectivity index (χ0) is 8.97. The largest absolute Gasteiger partial charge is 0.346 e. The van der Waals surface area contributed by atoms with Crippen LogP contribution in [0.3, 0.4) is 0 Å². The topological polar surface area (TPSA) is 12.0 Å². The Morgan fingerprint density at radius 1 is 1.50 bits per heavy atom. The Bertz CT molecular complexity index is 309. The molecule has 0 fully saturated rings. The van der Waals surface area contributed by atoms with E-state index in [9.17, 15) is 0 Å². The second-order valence-electron chi connectivity index (χ2n) is 2.17. The number of para-hydroxylation sites is 1. The molecule has 3 heteroatoms. The zero-order valence-electron chi connectivity index (χ0n) is 6.38. The Balaban J connectivity index is 2.82. The molecule has 0 heterocycles. The van der Waals surface area contributed by atoms with E-state index in [1.165, 1.54) is 0 Å². The predicted molar refractivity (Wildman–Crippen MR) is 60.6 cm³/mol. The number of nitrogens with one attached hydrogen (secondary N) is 1. The molecule has 1 rings (SSSR count). The van der Waals surface area contributed by atoms with Crippen LogP contribution >= 0.6 is 28.1 Å². The van der Waals surface area contributed by atoms with Crippen molar-refractivity contribution in [1.29, 1.82) is 0 Å². The van der Waals surface area contributed by atoms with Crippen LogP contribution in [0.5, 0.6) is 0 Å². The van der Waals surface area contributed by atoms with Gasteiger partial charge in [-0.15, -0.1) is 0 Å². The van der Waals surface area contributed by atoms with Crippen LogP contribution in [0.25, 0.3) is 0 Å². The lowest BCUT2D eigenvalue weighted by Gasteiger charge is -2.05. The van der Waals surface area contributed by atoms with E-state index >= 15 is 0 Å². The highest BCUT2D eigenvalue weighted by atomic mass is 79.9. The molecule has 0 aromatic heterocycles. The van der Waals surface area contributed by atoms with Crippen LogP contribution in [-0.2, 0) is 0 Å². The summed E-state index contributed by atoms with van der Waals surface area (Å²) in [6.07, 6.45) is 1.61. The summed E-state index contributed by atoms with van der Waals surface area (Å²) in [6.45, 7) is 3.57. The van der Waals surface area contributed by atoms with Crippen LogP contribution < -0.4 is 5.32 Å². The van der Waals surface area contributed by atoms with E-state index < -0.39 is 0 Å². The summed E-state index contributed by atoms with van der Waals surface area (Å²) in [7, 11) is 0. The van der Waals surface area contributed by atoms with Crippen LogP contribution in [0.2, 0.25) is 0 Å². The van der Waals surface area contributed by atoms with Crippen molar-refractivity contribution in [2.75, 3.05) is 5.32 Å². The van der Waals surface area contributed by atoms with Gasteiger partial charge in [0.25, 0.3) is 0 Å². The third kappa shape index (κ3) is 2.43. The van der Waals surface area contributed by atoms with Gasteiger partial charge in [0.15, 0.2) is 0 Å². The third-order valence-corrected chi connectivity index (χ3v) is 2.28. The maximum Gasteiger partial charge on any atom is 0.103 e. The second-order valence-corrected chi connectivity index (χ2v) is 3.47. The molecular formula is C9H8BrNS. The highest BCUT2D eigenvalue weighted by Gasteiger charge is 1.96. The van der Waals surface area contributed by atoms with Gasteiger partial charge in [0.1, 0.15) is 4.99 Å². The molecular weight excluding hydrogens is 234 g/mol. The molecule has 0 saturated heterocycles. The third-order valence-electron chi connectivity index (χ3n) is 1.32. The minimum absolute atomic E-state index is 0.627. The van der Waals surface area contributed by atoms with Gasteiger partial charge in [-0.3, -0.25) is 0 Å². The monoisotopic (exact) mass is 241 g/mol. The van der Waals surface area contributed by atoms with Crippen LogP contribution in [0.4, 0.5) is 5.69 Å². The van der Waals surface area contributed by atoms with Crippen molar-refractivity contribution in [2.45, 2.75) is 0 Å². The Labute approximate surface area is 85.6 Å². The van der Waals surface area contributed by atoms with Gasteiger partial charge in [-0.05, 0) is 34.1 Å². The summed E-state index contributed by atoms with van der Waals surface area (Å²) in [5.74, 6) is 0. The zero-order valence-corrected chi connectivity index (χ0v) is 8.78. The molecule has 0 amide bonds. The molecule has 1 N–H and O–H groups in total. The average Bonchev–Trinajstić information content (AvgIpc) is 2.09. The Kier molecular flexibility index (Phi) is 3.44. The average molecular weight is 242 g/mol. The molecule has 1 nitrogen and oxygen atoms in total. The van der Waals surface area contributed by atoms with Gasteiger partial charge in [0, 0.05) is 4.47 Å². The van der Waals surface area contributed by atoms with Gasteiger partial charge in [-0.2, -0.15) is 0 Å². The van der Waals surface area contributed by atoms with E-state index in [4.69, 9.17) is 12.2 Å². The molecule has 0 radical (unpaired) electrons. The number of anilines is 1. The summed E-state index contributed by atoms with van der Waals surface area (Å²) in [4.78, 5) is 0.627. The summed E-state index contributed by atoms with van der Waals surface area (Å²) < 4.78 is 0.995. The first kappa shape index (κ1) is 9.42. The van der Waals surface area contributed by atoms with Crippen molar-refractivity contribution < 1.29 is 0 Å². The van der Waals surface area contributed by atoms with Gasteiger partial charge in [0.05, 0.1) is 5.69 Å². The molecule has 62 valence electrons. The molecule has 1 aromatic rings. The number of thiocarbonyl (C=S) groups is 1. The molecule has 0 aliphatic heterocycles. The number of hydrogen-bond acceptors (Lipinski definition) is 1. The van der Waals surface area contributed by atoms with Gasteiger partial charge in [-0.25, -0.2) is 0 Å². The molecule has 0 aliphatic carbocycles. The molecule has 12 heavy (non-hydrogen) atoms. The minimum Gasteiger partial charge on any atom is -0.346 e. The van der Waals surface area contributed by atoms with Gasteiger partial charge >= 0.3 is 0 Å². The smallest absolute Gasteiger partial charge is 0.103 e. The quantitative estimate of drug-likeness (QED) is 0.630. The highest BCUT2D eigenvalue weighted by Crippen LogP contribution is 2.21. The predicted octanol–water partition coefficient (Wildman–Crippen LogP) is 3.37. The van der Waals surface area contributed by atoms with E-state index in [0.29, 0.717) is 4.99 Å². The first-order valence-electron chi connectivity index (χ1n) is 3.42. The van der Waals surface area contributed by atoms with Crippen LogP contribution in [-0.4, -0.2) is 4.99 Å². The fraction of sp³-hybridized carbons (Fsp3) is 0. The summed E-state index contributed by atoms with van der Waals surface area (Å²) in [6, 6.07) is 7.79. The maximum atomic E-state index is 4.95. The fourth-order valence-corrected chi connectivity index (χ4v) is 1.24. The lowest BCUT2D eigenvalue weighted by Crippen LogP contribution is -2.04. The van der Waals surface area contributed by atoms with Crippen molar-refractivity contribution in [1.82, 2.24) is 0 Å². The fourth-order valence-electron chi connectivity index (χ4n) is 0.746. The summed E-state index contributed by atoms with van der Waals surface area (Å²) in [5, 5.41) is 3.03. The van der Waals surface area contributed by atoms with Gasteiger partial charge in [-0.1, -0.05) is 30.9 Å². The highest BCUT2D eigenvalue weighted by molar-refractivity contribution is 9.10. The van der Waals surface area contributed by atoms with Crippen LogP contribution in [0.1, 0.15) is 0 Å². The van der Waals surface area contributed by atoms with Crippen molar-refractivity contribution >= 4 is 38.8 Å². The Morgan fingerprint density at radius 2 is 2.17 bits per heavy atom. The number of halogens is 1. The Hall–Kier alpha value is -0.670. The number of hydrogen-bond donors (Lipinski definition) is 1. The van der Waals surface area contributed by atoms with Crippen LogP contribution in [0, 0.1) is 0 Å². The lowest BCUT2D eigenvalue weighted by atomic mass is 10.3. The van der Waals surface area contributed by atoms with E-state index in [0.717, 1.165) is 10.2 Å². The number of rotatable bonds is 2. The summed E-state index contributed by atoms with van der Waals surface area (Å²) in [5.41, 5.74) is 0.961. The maximum absolute atomic E-state index is 4.95. The van der Waals surface area contributed by atoms with E-state index in [-0.39, 0.29) is 0 Å². The lowest BCUT2D eigenvalue weighted by molar-refractivity contribution is 1.61. The SMILES string of the molecule is C=CC(=S)Nc1ccccc1Br. The summed E-state index contributed by atoms with van der Waals surface area (Å²) >= 11 is 8.34. The van der Waals surface area contributed by atoms with Crippen molar-refractivity contribution in [3.8, 4) is 0 Å². The Morgan fingerprint density at radius 3 is 2.75 bits per heavy atom. The van der Waals surface area contributed by atoms with Gasteiger partial charge in [0.2, 0.25) is 0 Å². The molecule has 0 aliphatic rings. The van der Waals surface area contributed by atoms with Crippen molar-refractivity contribution in [3.63, 3.8) is 0 Å². The van der Waals surface area contributed by atoms with Gasteiger partial charge < -0.3 is 5.32 Å². The molecule has 0 saturated carbocycles. The first-order valence-corrected chi connectivity index (χ1v) is 4.62. The van der Waals surface area contributed by atoms with Crippen molar-refractivity contribution in [3.05, 3.63) is 41.4 Å². The minimum atomic E-state index is 0.627.